The van der Waals surface area contributed by atoms with Crippen LogP contribution in [0.4, 0.5) is 5.82 Å². The molecule has 0 radical (unpaired) electrons. The van der Waals surface area contributed by atoms with Crippen LogP contribution in [0.1, 0.15) is 34.3 Å². The fourth-order valence-corrected chi connectivity index (χ4v) is 4.33. The second-order valence-corrected chi connectivity index (χ2v) is 8.86. The number of nitrogens with zero attached hydrogens (tertiary/aromatic N) is 2. The SMILES string of the molecule is Cc1cccnc1NC(=O)C1CCCN(C(=O)C(Cc2ccccc2)NC(=O)c2ccccc2)C1. The zero-order valence-corrected chi connectivity index (χ0v) is 19.8. The average molecular weight is 471 g/mol. The molecule has 2 atom stereocenters. The number of hydrogen-bond donors (Lipinski definition) is 2. The quantitative estimate of drug-likeness (QED) is 0.552. The van der Waals surface area contributed by atoms with E-state index in [0.29, 0.717) is 37.3 Å². The summed E-state index contributed by atoms with van der Waals surface area (Å²) in [6.07, 6.45) is 3.43. The number of nitrogens with one attached hydrogen (secondary N) is 2. The molecule has 3 aromatic rings. The third-order valence-electron chi connectivity index (χ3n) is 6.28. The predicted molar refractivity (Wildman–Crippen MR) is 135 cm³/mol. The molecule has 0 saturated carbocycles. The topological polar surface area (TPSA) is 91.4 Å². The first-order valence-electron chi connectivity index (χ1n) is 11.9. The van der Waals surface area contributed by atoms with Crippen molar-refractivity contribution in [2.45, 2.75) is 32.2 Å². The lowest BCUT2D eigenvalue weighted by atomic mass is 9.95. The highest BCUT2D eigenvalue weighted by atomic mass is 16.2. The van der Waals surface area contributed by atoms with E-state index in [1.54, 1.807) is 35.4 Å². The van der Waals surface area contributed by atoms with Crippen molar-refractivity contribution >= 4 is 23.5 Å². The van der Waals surface area contributed by atoms with Crippen LogP contribution in [0, 0.1) is 12.8 Å². The highest BCUT2D eigenvalue weighted by molar-refractivity contribution is 5.98. The Morgan fingerprint density at radius 1 is 1.00 bits per heavy atom. The fraction of sp³-hybridized carbons (Fsp3) is 0.286. The lowest BCUT2D eigenvalue weighted by Gasteiger charge is -2.34. The number of aryl methyl sites for hydroxylation is 1. The molecule has 2 heterocycles. The summed E-state index contributed by atoms with van der Waals surface area (Å²) in [4.78, 5) is 45.4. The number of benzene rings is 2. The predicted octanol–water partition coefficient (Wildman–Crippen LogP) is 3.61. The summed E-state index contributed by atoms with van der Waals surface area (Å²) in [5.74, 6) is -0.409. The Morgan fingerprint density at radius 3 is 2.43 bits per heavy atom. The van der Waals surface area contributed by atoms with E-state index in [-0.39, 0.29) is 23.6 Å². The van der Waals surface area contributed by atoms with Crippen molar-refractivity contribution in [1.82, 2.24) is 15.2 Å². The van der Waals surface area contributed by atoms with Gasteiger partial charge in [0, 0.05) is 31.3 Å². The number of aromatic nitrogens is 1. The summed E-state index contributed by atoms with van der Waals surface area (Å²) in [6.45, 7) is 2.75. The normalized spacial score (nSPS) is 16.3. The summed E-state index contributed by atoms with van der Waals surface area (Å²) in [7, 11) is 0. The molecule has 1 aliphatic rings. The third-order valence-corrected chi connectivity index (χ3v) is 6.28. The molecule has 0 bridgehead atoms. The van der Waals surface area contributed by atoms with Crippen LogP contribution < -0.4 is 10.6 Å². The monoisotopic (exact) mass is 470 g/mol. The molecule has 2 N–H and O–H groups in total. The van der Waals surface area contributed by atoms with Crippen LogP contribution in [0.3, 0.4) is 0 Å². The molecule has 0 aliphatic carbocycles. The first-order valence-corrected chi connectivity index (χ1v) is 11.9. The molecular weight excluding hydrogens is 440 g/mol. The molecule has 7 nitrogen and oxygen atoms in total. The molecule has 3 amide bonds. The van der Waals surface area contributed by atoms with Crippen LogP contribution in [-0.2, 0) is 16.0 Å². The van der Waals surface area contributed by atoms with E-state index in [9.17, 15) is 14.4 Å². The van der Waals surface area contributed by atoms with Crippen LogP contribution in [0.15, 0.2) is 79.0 Å². The van der Waals surface area contributed by atoms with Gasteiger partial charge in [-0.05, 0) is 49.1 Å². The fourth-order valence-electron chi connectivity index (χ4n) is 4.33. The van der Waals surface area contributed by atoms with E-state index in [0.717, 1.165) is 17.5 Å². The zero-order chi connectivity index (χ0) is 24.6. The highest BCUT2D eigenvalue weighted by Crippen LogP contribution is 2.21. The number of piperidine rings is 1. The van der Waals surface area contributed by atoms with Crippen LogP contribution in [0.25, 0.3) is 0 Å². The van der Waals surface area contributed by atoms with Crippen molar-refractivity contribution < 1.29 is 14.4 Å². The number of rotatable bonds is 7. The Kier molecular flexibility index (Phi) is 7.88. The second kappa shape index (κ2) is 11.4. The molecule has 7 heteroatoms. The molecule has 1 fully saturated rings. The van der Waals surface area contributed by atoms with Crippen molar-refractivity contribution in [2.24, 2.45) is 5.92 Å². The van der Waals surface area contributed by atoms with Gasteiger partial charge in [-0.25, -0.2) is 4.98 Å². The number of hydrogen-bond acceptors (Lipinski definition) is 4. The number of carbonyl (C=O) groups excluding carboxylic acids is 3. The Bertz CT molecular complexity index is 1170. The van der Waals surface area contributed by atoms with Crippen molar-refractivity contribution in [3.05, 3.63) is 95.7 Å². The van der Waals surface area contributed by atoms with Gasteiger partial charge in [0.2, 0.25) is 11.8 Å². The smallest absolute Gasteiger partial charge is 0.251 e. The maximum atomic E-state index is 13.6. The highest BCUT2D eigenvalue weighted by Gasteiger charge is 2.33. The van der Waals surface area contributed by atoms with Crippen molar-refractivity contribution in [3.63, 3.8) is 0 Å². The minimum atomic E-state index is -0.732. The lowest BCUT2D eigenvalue weighted by Crippen LogP contribution is -2.53. The van der Waals surface area contributed by atoms with Gasteiger partial charge in [-0.3, -0.25) is 14.4 Å². The molecule has 1 saturated heterocycles. The van der Waals surface area contributed by atoms with Crippen LogP contribution >= 0.6 is 0 Å². The molecule has 4 rings (SSSR count). The minimum Gasteiger partial charge on any atom is -0.340 e. The Labute approximate surface area is 205 Å². The lowest BCUT2D eigenvalue weighted by molar-refractivity contribution is -0.136. The second-order valence-electron chi connectivity index (χ2n) is 8.86. The van der Waals surface area contributed by atoms with Crippen LogP contribution in [0.5, 0.6) is 0 Å². The summed E-state index contributed by atoms with van der Waals surface area (Å²) in [5, 5.41) is 5.83. The van der Waals surface area contributed by atoms with Gasteiger partial charge >= 0.3 is 0 Å². The van der Waals surface area contributed by atoms with Gasteiger partial charge in [0.05, 0.1) is 5.92 Å². The van der Waals surface area contributed by atoms with E-state index in [1.807, 2.05) is 55.5 Å². The van der Waals surface area contributed by atoms with E-state index in [2.05, 4.69) is 15.6 Å². The Balaban J connectivity index is 1.47. The maximum absolute atomic E-state index is 13.6. The van der Waals surface area contributed by atoms with Gasteiger partial charge in [0.15, 0.2) is 0 Å². The first-order chi connectivity index (χ1) is 17.0. The summed E-state index contributed by atoms with van der Waals surface area (Å²) in [6, 6.07) is 21.5. The summed E-state index contributed by atoms with van der Waals surface area (Å²) < 4.78 is 0. The number of anilines is 1. The van der Waals surface area contributed by atoms with E-state index in [4.69, 9.17) is 0 Å². The zero-order valence-electron chi connectivity index (χ0n) is 19.8. The molecule has 0 spiro atoms. The van der Waals surface area contributed by atoms with Gasteiger partial charge < -0.3 is 15.5 Å². The van der Waals surface area contributed by atoms with Gasteiger partial charge in [-0.1, -0.05) is 54.6 Å². The van der Waals surface area contributed by atoms with E-state index < -0.39 is 6.04 Å². The maximum Gasteiger partial charge on any atom is 0.251 e. The van der Waals surface area contributed by atoms with Gasteiger partial charge in [0.25, 0.3) is 5.91 Å². The summed E-state index contributed by atoms with van der Waals surface area (Å²) in [5.41, 5.74) is 2.34. The number of carbonyl (C=O) groups is 3. The molecule has 1 aliphatic heterocycles. The first kappa shape index (κ1) is 24.1. The van der Waals surface area contributed by atoms with Crippen molar-refractivity contribution in [3.8, 4) is 0 Å². The van der Waals surface area contributed by atoms with Gasteiger partial charge in [0.1, 0.15) is 11.9 Å². The van der Waals surface area contributed by atoms with Crippen LogP contribution in [0.2, 0.25) is 0 Å². The molecule has 2 aromatic carbocycles. The number of likely N-dealkylation sites (tertiary alicyclic amines) is 1. The van der Waals surface area contributed by atoms with Crippen LogP contribution in [-0.4, -0.2) is 46.7 Å². The largest absolute Gasteiger partial charge is 0.340 e. The minimum absolute atomic E-state index is 0.141. The number of amides is 3. The van der Waals surface area contributed by atoms with E-state index in [1.165, 1.54) is 0 Å². The molecular formula is C28H30N4O3. The summed E-state index contributed by atoms with van der Waals surface area (Å²) >= 11 is 0. The van der Waals surface area contributed by atoms with Crippen molar-refractivity contribution in [2.75, 3.05) is 18.4 Å². The molecule has 2 unspecified atom stereocenters. The van der Waals surface area contributed by atoms with E-state index >= 15 is 0 Å². The standard InChI is InChI=1S/C28H30N4O3/c1-20-10-8-16-29-25(20)31-27(34)23-15-9-17-32(19-23)28(35)24(18-21-11-4-2-5-12-21)30-26(33)22-13-6-3-7-14-22/h2-8,10-14,16,23-24H,9,15,17-19H2,1H3,(H,30,33)(H,29,31,34). The Morgan fingerprint density at radius 2 is 1.71 bits per heavy atom. The average Bonchev–Trinajstić information content (AvgIpc) is 2.90. The van der Waals surface area contributed by atoms with Gasteiger partial charge in [-0.2, -0.15) is 0 Å². The molecule has 35 heavy (non-hydrogen) atoms. The third kappa shape index (κ3) is 6.32. The molecule has 180 valence electrons. The Hall–Kier alpha value is -4.00. The van der Waals surface area contributed by atoms with Gasteiger partial charge in [-0.15, -0.1) is 0 Å². The van der Waals surface area contributed by atoms with Crippen molar-refractivity contribution in [1.29, 1.82) is 0 Å². The molecule has 1 aromatic heterocycles. The number of pyridine rings is 1.